The lowest BCUT2D eigenvalue weighted by atomic mass is 9.94. The zero-order chi connectivity index (χ0) is 23.2. The molecule has 174 valence electrons. The van der Waals surface area contributed by atoms with E-state index < -0.39 is 11.2 Å². The quantitative estimate of drug-likeness (QED) is 0.583. The van der Waals surface area contributed by atoms with Crippen LogP contribution in [0.2, 0.25) is 0 Å². The standard InChI is InChI=1S/C26H25N3O4S/c30-21-9-10-28-24(25(21)31)26(32)27-11-12-33-16-22(27)29(28)23-18-6-1-4-17(14-18)5-3-13-34-20-8-2-7-19(23)15-20/h1-2,4,6-10,14-15,22-23,31H,3,5,11-13,16H2/t22-,23+/m1/s1. The smallest absolute Gasteiger partial charge is 0.278 e. The molecule has 7 nitrogen and oxygen atoms in total. The van der Waals surface area contributed by atoms with Crippen molar-refractivity contribution < 1.29 is 14.6 Å². The number of nitrogens with zero attached hydrogens (tertiary/aromatic N) is 3. The first-order valence-electron chi connectivity index (χ1n) is 11.6. The molecule has 6 rings (SSSR count). The van der Waals surface area contributed by atoms with Crippen molar-refractivity contribution in [3.63, 3.8) is 0 Å². The first-order valence-corrected chi connectivity index (χ1v) is 12.5. The fraction of sp³-hybridized carbons (Fsp3) is 0.308. The van der Waals surface area contributed by atoms with Crippen molar-refractivity contribution in [3.05, 3.63) is 93.4 Å². The van der Waals surface area contributed by atoms with Crippen LogP contribution in [-0.4, -0.2) is 52.3 Å². The van der Waals surface area contributed by atoms with Crippen LogP contribution in [-0.2, 0) is 11.2 Å². The number of rotatable bonds is 1. The highest BCUT2D eigenvalue weighted by Crippen LogP contribution is 2.37. The molecule has 8 heteroatoms. The van der Waals surface area contributed by atoms with Crippen molar-refractivity contribution in [2.75, 3.05) is 30.5 Å². The zero-order valence-corrected chi connectivity index (χ0v) is 19.4. The summed E-state index contributed by atoms with van der Waals surface area (Å²) in [5.74, 6) is 0.171. The van der Waals surface area contributed by atoms with Gasteiger partial charge in [-0.2, -0.15) is 0 Å². The van der Waals surface area contributed by atoms with Crippen molar-refractivity contribution >= 4 is 17.7 Å². The van der Waals surface area contributed by atoms with E-state index in [0.717, 1.165) is 29.7 Å². The maximum Gasteiger partial charge on any atom is 0.278 e. The second kappa shape index (κ2) is 8.52. The second-order valence-corrected chi connectivity index (χ2v) is 10.00. The van der Waals surface area contributed by atoms with Gasteiger partial charge in [0, 0.05) is 23.7 Å². The molecule has 1 saturated heterocycles. The van der Waals surface area contributed by atoms with E-state index in [1.165, 1.54) is 16.5 Å². The van der Waals surface area contributed by atoms with Gasteiger partial charge < -0.3 is 14.7 Å². The van der Waals surface area contributed by atoms with Gasteiger partial charge in [-0.3, -0.25) is 19.3 Å². The number of carbonyl (C=O) groups is 1. The van der Waals surface area contributed by atoms with E-state index in [1.807, 2.05) is 11.8 Å². The van der Waals surface area contributed by atoms with Crippen molar-refractivity contribution in [1.29, 1.82) is 0 Å². The third-order valence-electron chi connectivity index (χ3n) is 6.76. The minimum atomic E-state index is -0.561. The van der Waals surface area contributed by atoms with Gasteiger partial charge in [0.25, 0.3) is 5.91 Å². The zero-order valence-electron chi connectivity index (χ0n) is 18.6. The highest BCUT2D eigenvalue weighted by atomic mass is 32.2. The van der Waals surface area contributed by atoms with Crippen LogP contribution < -0.4 is 10.4 Å². The Kier molecular flexibility index (Phi) is 5.34. The fourth-order valence-electron chi connectivity index (χ4n) is 5.19. The normalized spacial score (nSPS) is 21.9. The van der Waals surface area contributed by atoms with Crippen LogP contribution in [0.25, 0.3) is 0 Å². The van der Waals surface area contributed by atoms with Crippen LogP contribution in [0, 0.1) is 0 Å². The molecule has 0 radical (unpaired) electrons. The van der Waals surface area contributed by atoms with Gasteiger partial charge in [-0.05, 0) is 47.4 Å². The number of thioether (sulfide) groups is 1. The summed E-state index contributed by atoms with van der Waals surface area (Å²) in [5.41, 5.74) is 2.88. The van der Waals surface area contributed by atoms with Crippen molar-refractivity contribution in [3.8, 4) is 5.75 Å². The predicted octanol–water partition coefficient (Wildman–Crippen LogP) is 3.13. The monoisotopic (exact) mass is 475 g/mol. The van der Waals surface area contributed by atoms with Gasteiger partial charge in [0.1, 0.15) is 6.17 Å². The van der Waals surface area contributed by atoms with Crippen molar-refractivity contribution in [1.82, 2.24) is 9.58 Å². The first-order chi connectivity index (χ1) is 16.6. The van der Waals surface area contributed by atoms with Crippen molar-refractivity contribution in [2.45, 2.75) is 29.9 Å². The van der Waals surface area contributed by atoms with E-state index in [-0.39, 0.29) is 23.8 Å². The number of hydrogen-bond donors (Lipinski definition) is 1. The Morgan fingerprint density at radius 2 is 1.85 bits per heavy atom. The molecule has 34 heavy (non-hydrogen) atoms. The lowest BCUT2D eigenvalue weighted by Gasteiger charge is -2.51. The lowest BCUT2D eigenvalue weighted by Crippen LogP contribution is -2.66. The molecule has 3 aromatic rings. The van der Waals surface area contributed by atoms with E-state index in [1.54, 1.807) is 15.8 Å². The van der Waals surface area contributed by atoms with Crippen molar-refractivity contribution in [2.24, 2.45) is 0 Å². The van der Waals surface area contributed by atoms with Gasteiger partial charge in [-0.15, -0.1) is 11.8 Å². The van der Waals surface area contributed by atoms with Gasteiger partial charge in [-0.1, -0.05) is 36.4 Å². The summed E-state index contributed by atoms with van der Waals surface area (Å²) < 4.78 is 7.49. The molecular formula is C26H25N3O4S. The highest BCUT2D eigenvalue weighted by Gasteiger charge is 2.44. The van der Waals surface area contributed by atoms with Crippen LogP contribution in [0.5, 0.6) is 5.75 Å². The molecular weight excluding hydrogens is 450 g/mol. The Bertz CT molecular complexity index is 1270. The first kappa shape index (κ1) is 21.3. The number of aromatic nitrogens is 1. The van der Waals surface area contributed by atoms with Crippen LogP contribution in [0.1, 0.15) is 39.6 Å². The van der Waals surface area contributed by atoms with E-state index in [2.05, 4.69) is 53.5 Å². The minimum Gasteiger partial charge on any atom is -0.502 e. The Labute approximate surface area is 201 Å². The third kappa shape index (κ3) is 3.49. The topological polar surface area (TPSA) is 75.0 Å². The molecule has 0 saturated carbocycles. The summed E-state index contributed by atoms with van der Waals surface area (Å²) in [6.45, 7) is 1.15. The highest BCUT2D eigenvalue weighted by molar-refractivity contribution is 7.99. The molecule has 0 unspecified atom stereocenters. The van der Waals surface area contributed by atoms with E-state index >= 15 is 0 Å². The molecule has 4 heterocycles. The van der Waals surface area contributed by atoms with E-state index in [9.17, 15) is 14.7 Å². The molecule has 2 atom stereocenters. The van der Waals surface area contributed by atoms with Crippen LogP contribution in [0.15, 0.2) is 70.5 Å². The van der Waals surface area contributed by atoms with E-state index in [0.29, 0.717) is 19.8 Å². The molecule has 3 aliphatic rings. The number of pyridine rings is 1. The lowest BCUT2D eigenvalue weighted by molar-refractivity contribution is -0.0197. The maximum absolute atomic E-state index is 13.4. The number of ether oxygens (including phenoxy) is 1. The molecule has 1 N–H and O–H groups in total. The largest absolute Gasteiger partial charge is 0.502 e. The third-order valence-corrected chi connectivity index (χ3v) is 7.84. The number of hydrogen-bond acceptors (Lipinski definition) is 6. The summed E-state index contributed by atoms with van der Waals surface area (Å²) in [6, 6.07) is 18.1. The summed E-state index contributed by atoms with van der Waals surface area (Å²) in [5, 5.41) is 12.8. The average molecular weight is 476 g/mol. The Hall–Kier alpha value is -3.23. The molecule has 1 fully saturated rings. The van der Waals surface area contributed by atoms with Gasteiger partial charge >= 0.3 is 0 Å². The van der Waals surface area contributed by atoms with Gasteiger partial charge in [0.2, 0.25) is 5.43 Å². The summed E-state index contributed by atoms with van der Waals surface area (Å²) in [7, 11) is 0. The maximum atomic E-state index is 13.4. The SMILES string of the molecule is O=C1c2c(O)c(=O)ccn2N([C@H]2c3cccc(c3)CCCSc3cccc2c3)[C@@H]2COCCN12. The Morgan fingerprint density at radius 3 is 2.74 bits per heavy atom. The summed E-state index contributed by atoms with van der Waals surface area (Å²) in [6.07, 6.45) is 3.29. The van der Waals surface area contributed by atoms with Crippen LogP contribution >= 0.6 is 11.8 Å². The Morgan fingerprint density at radius 1 is 1.03 bits per heavy atom. The number of amides is 1. The van der Waals surface area contributed by atoms with Crippen LogP contribution in [0.3, 0.4) is 0 Å². The number of carbonyl (C=O) groups excluding carboxylic acids is 1. The van der Waals surface area contributed by atoms with Gasteiger partial charge in [0.15, 0.2) is 11.4 Å². The average Bonchev–Trinajstić information content (AvgIpc) is 2.87. The number of morpholine rings is 1. The number of aromatic hydroxyl groups is 1. The fourth-order valence-corrected chi connectivity index (χ4v) is 6.11. The molecule has 0 spiro atoms. The molecule has 2 aromatic carbocycles. The van der Waals surface area contributed by atoms with Gasteiger partial charge in [0.05, 0.1) is 19.3 Å². The number of benzene rings is 2. The molecule has 3 aliphatic heterocycles. The summed E-state index contributed by atoms with van der Waals surface area (Å²) in [4.78, 5) is 28.6. The second-order valence-electron chi connectivity index (χ2n) is 8.83. The van der Waals surface area contributed by atoms with Crippen LogP contribution in [0.4, 0.5) is 0 Å². The molecule has 0 aliphatic carbocycles. The molecule has 1 amide bonds. The minimum absolute atomic E-state index is 0.00153. The summed E-state index contributed by atoms with van der Waals surface area (Å²) >= 11 is 1.85. The molecule has 1 aromatic heterocycles. The Balaban J connectivity index is 1.62. The van der Waals surface area contributed by atoms with E-state index in [4.69, 9.17) is 4.74 Å². The van der Waals surface area contributed by atoms with Gasteiger partial charge in [-0.25, -0.2) is 0 Å². The predicted molar refractivity (Wildman–Crippen MR) is 130 cm³/mol. The number of aryl methyl sites for hydroxylation is 1. The molecule has 4 bridgehead atoms. The number of fused-ring (bicyclic) bond motifs is 6.